The SMILES string of the molecule is CCc1csc(-c2ncccc2Cl)n1. The highest BCUT2D eigenvalue weighted by Gasteiger charge is 2.08. The summed E-state index contributed by atoms with van der Waals surface area (Å²) in [7, 11) is 0. The standard InChI is InChI=1S/C10H9ClN2S/c1-2-7-6-14-10(13-7)9-8(11)4-3-5-12-9/h3-6H,2H2,1H3. The summed E-state index contributed by atoms with van der Waals surface area (Å²) in [6.07, 6.45) is 2.68. The maximum atomic E-state index is 6.02. The Hall–Kier alpha value is -0.930. The molecule has 2 rings (SSSR count). The summed E-state index contributed by atoms with van der Waals surface area (Å²) < 4.78 is 0. The van der Waals surface area contributed by atoms with E-state index in [0.29, 0.717) is 5.02 Å². The van der Waals surface area contributed by atoms with E-state index in [1.807, 2.05) is 17.5 Å². The molecule has 0 bridgehead atoms. The van der Waals surface area contributed by atoms with Crippen LogP contribution >= 0.6 is 22.9 Å². The molecule has 0 atom stereocenters. The quantitative estimate of drug-likeness (QED) is 0.781. The fraction of sp³-hybridized carbons (Fsp3) is 0.200. The summed E-state index contributed by atoms with van der Waals surface area (Å²) in [5.74, 6) is 0. The number of pyridine rings is 1. The Kier molecular flexibility index (Phi) is 2.79. The maximum absolute atomic E-state index is 6.02. The monoisotopic (exact) mass is 224 g/mol. The van der Waals surface area contributed by atoms with Gasteiger partial charge in [-0.15, -0.1) is 11.3 Å². The first-order valence-electron chi connectivity index (χ1n) is 4.36. The second-order valence-electron chi connectivity index (χ2n) is 2.83. The lowest BCUT2D eigenvalue weighted by Gasteiger charge is -1.96. The molecule has 0 saturated heterocycles. The van der Waals surface area contributed by atoms with Crippen molar-refractivity contribution in [3.05, 3.63) is 34.4 Å². The van der Waals surface area contributed by atoms with Gasteiger partial charge >= 0.3 is 0 Å². The summed E-state index contributed by atoms with van der Waals surface area (Å²) in [6, 6.07) is 3.65. The Labute approximate surface area is 91.6 Å². The molecule has 14 heavy (non-hydrogen) atoms. The molecule has 2 heterocycles. The van der Waals surface area contributed by atoms with E-state index >= 15 is 0 Å². The number of nitrogens with zero attached hydrogens (tertiary/aromatic N) is 2. The minimum Gasteiger partial charge on any atom is -0.252 e. The predicted octanol–water partition coefficient (Wildman–Crippen LogP) is 3.42. The largest absolute Gasteiger partial charge is 0.252 e. The Morgan fingerprint density at radius 2 is 2.36 bits per heavy atom. The summed E-state index contributed by atoms with van der Waals surface area (Å²) in [5, 5.41) is 3.59. The summed E-state index contributed by atoms with van der Waals surface area (Å²) in [4.78, 5) is 8.64. The van der Waals surface area contributed by atoms with Crippen LogP contribution in [-0.4, -0.2) is 9.97 Å². The number of aromatic nitrogens is 2. The first-order chi connectivity index (χ1) is 6.81. The van der Waals surface area contributed by atoms with E-state index in [1.165, 1.54) is 0 Å². The average molecular weight is 225 g/mol. The highest BCUT2D eigenvalue weighted by molar-refractivity contribution is 7.13. The second-order valence-corrected chi connectivity index (χ2v) is 4.10. The topological polar surface area (TPSA) is 25.8 Å². The van der Waals surface area contributed by atoms with E-state index < -0.39 is 0 Å². The Morgan fingerprint density at radius 3 is 3.00 bits per heavy atom. The molecule has 0 aliphatic heterocycles. The van der Waals surface area contributed by atoms with Gasteiger partial charge in [0.1, 0.15) is 10.7 Å². The van der Waals surface area contributed by atoms with Crippen molar-refractivity contribution in [2.45, 2.75) is 13.3 Å². The molecule has 0 aliphatic carbocycles. The predicted molar refractivity (Wildman–Crippen MR) is 59.7 cm³/mol. The molecule has 0 amide bonds. The van der Waals surface area contributed by atoms with Crippen molar-refractivity contribution < 1.29 is 0 Å². The van der Waals surface area contributed by atoms with Crippen LogP contribution in [0.2, 0.25) is 5.02 Å². The van der Waals surface area contributed by atoms with E-state index in [1.54, 1.807) is 17.5 Å². The smallest absolute Gasteiger partial charge is 0.143 e. The van der Waals surface area contributed by atoms with Gasteiger partial charge in [0.15, 0.2) is 0 Å². The lowest BCUT2D eigenvalue weighted by atomic mass is 10.3. The zero-order valence-corrected chi connectivity index (χ0v) is 9.27. The van der Waals surface area contributed by atoms with Crippen LogP contribution in [-0.2, 0) is 6.42 Å². The van der Waals surface area contributed by atoms with Crippen LogP contribution in [0.15, 0.2) is 23.7 Å². The highest BCUT2D eigenvalue weighted by atomic mass is 35.5. The minimum absolute atomic E-state index is 0.657. The van der Waals surface area contributed by atoms with Crippen molar-refractivity contribution >= 4 is 22.9 Å². The lowest BCUT2D eigenvalue weighted by molar-refractivity contribution is 1.06. The molecule has 0 unspecified atom stereocenters. The van der Waals surface area contributed by atoms with E-state index in [0.717, 1.165) is 22.8 Å². The molecule has 0 fully saturated rings. The van der Waals surface area contributed by atoms with Gasteiger partial charge in [-0.1, -0.05) is 18.5 Å². The molecule has 0 saturated carbocycles. The molecule has 4 heteroatoms. The minimum atomic E-state index is 0.657. The number of aryl methyl sites for hydroxylation is 1. The summed E-state index contributed by atoms with van der Waals surface area (Å²) >= 11 is 7.60. The van der Waals surface area contributed by atoms with E-state index in [4.69, 9.17) is 11.6 Å². The molecule has 0 radical (unpaired) electrons. The fourth-order valence-electron chi connectivity index (χ4n) is 1.12. The first kappa shape index (κ1) is 9.62. The van der Waals surface area contributed by atoms with Gasteiger partial charge in [-0.05, 0) is 18.6 Å². The molecular formula is C10H9ClN2S. The van der Waals surface area contributed by atoms with Crippen molar-refractivity contribution in [3.63, 3.8) is 0 Å². The highest BCUT2D eigenvalue weighted by Crippen LogP contribution is 2.27. The van der Waals surface area contributed by atoms with E-state index in [-0.39, 0.29) is 0 Å². The van der Waals surface area contributed by atoms with Crippen LogP contribution in [0.3, 0.4) is 0 Å². The molecule has 72 valence electrons. The van der Waals surface area contributed by atoms with Crippen molar-refractivity contribution in [3.8, 4) is 10.7 Å². The van der Waals surface area contributed by atoms with Gasteiger partial charge in [0.2, 0.25) is 0 Å². The van der Waals surface area contributed by atoms with Gasteiger partial charge in [-0.2, -0.15) is 0 Å². The average Bonchev–Trinajstić information content (AvgIpc) is 2.67. The van der Waals surface area contributed by atoms with Crippen LogP contribution in [0, 0.1) is 0 Å². The fourth-order valence-corrected chi connectivity index (χ4v) is 2.30. The Bertz CT molecular complexity index is 439. The van der Waals surface area contributed by atoms with Gasteiger partial charge in [-0.25, -0.2) is 4.98 Å². The number of thiazole rings is 1. The van der Waals surface area contributed by atoms with Crippen molar-refractivity contribution in [2.24, 2.45) is 0 Å². The van der Waals surface area contributed by atoms with Gasteiger partial charge < -0.3 is 0 Å². The summed E-state index contributed by atoms with van der Waals surface area (Å²) in [5.41, 5.74) is 1.87. The van der Waals surface area contributed by atoms with Gasteiger partial charge in [0, 0.05) is 11.6 Å². The molecule has 0 N–H and O–H groups in total. The second kappa shape index (κ2) is 4.07. The van der Waals surface area contributed by atoms with Crippen molar-refractivity contribution in [1.29, 1.82) is 0 Å². The van der Waals surface area contributed by atoms with Crippen LogP contribution in [0.25, 0.3) is 10.7 Å². The zero-order valence-electron chi connectivity index (χ0n) is 7.70. The molecule has 0 aromatic carbocycles. The number of hydrogen-bond acceptors (Lipinski definition) is 3. The van der Waals surface area contributed by atoms with Crippen LogP contribution in [0.5, 0.6) is 0 Å². The number of hydrogen-bond donors (Lipinski definition) is 0. The van der Waals surface area contributed by atoms with E-state index in [9.17, 15) is 0 Å². The molecule has 0 aliphatic rings. The van der Waals surface area contributed by atoms with Crippen LogP contribution in [0.4, 0.5) is 0 Å². The van der Waals surface area contributed by atoms with Gasteiger partial charge in [-0.3, -0.25) is 4.98 Å². The maximum Gasteiger partial charge on any atom is 0.143 e. The normalized spacial score (nSPS) is 10.4. The van der Waals surface area contributed by atoms with Crippen molar-refractivity contribution in [1.82, 2.24) is 9.97 Å². The van der Waals surface area contributed by atoms with E-state index in [2.05, 4.69) is 16.9 Å². The van der Waals surface area contributed by atoms with Crippen LogP contribution < -0.4 is 0 Å². The molecule has 2 aromatic heterocycles. The Morgan fingerprint density at radius 1 is 1.50 bits per heavy atom. The lowest BCUT2D eigenvalue weighted by Crippen LogP contribution is -1.84. The van der Waals surface area contributed by atoms with Crippen molar-refractivity contribution in [2.75, 3.05) is 0 Å². The number of halogens is 1. The molecular weight excluding hydrogens is 216 g/mol. The van der Waals surface area contributed by atoms with Gasteiger partial charge in [0.05, 0.1) is 10.7 Å². The molecule has 2 nitrogen and oxygen atoms in total. The Balaban J connectivity index is 2.44. The zero-order chi connectivity index (χ0) is 9.97. The first-order valence-corrected chi connectivity index (χ1v) is 5.62. The van der Waals surface area contributed by atoms with Gasteiger partial charge in [0.25, 0.3) is 0 Å². The molecule has 2 aromatic rings. The summed E-state index contributed by atoms with van der Waals surface area (Å²) in [6.45, 7) is 2.08. The third-order valence-electron chi connectivity index (χ3n) is 1.88. The van der Waals surface area contributed by atoms with Crippen LogP contribution in [0.1, 0.15) is 12.6 Å². The number of rotatable bonds is 2. The third-order valence-corrected chi connectivity index (χ3v) is 3.08. The third kappa shape index (κ3) is 1.79. The molecule has 0 spiro atoms.